The number of cyclic esters (lactones) is 2. The number of ether oxygens (including phenoxy) is 5. The van der Waals surface area contributed by atoms with Crippen LogP contribution in [0.3, 0.4) is 0 Å². The van der Waals surface area contributed by atoms with Crippen LogP contribution in [0.4, 0.5) is 32.0 Å². The average molecular weight is 846 g/mol. The normalized spacial score (nSPS) is 16.4. The number of benzene rings is 5. The van der Waals surface area contributed by atoms with Crippen LogP contribution < -0.4 is 19.5 Å². The van der Waals surface area contributed by atoms with E-state index in [4.69, 9.17) is 14.2 Å². The van der Waals surface area contributed by atoms with E-state index in [0.29, 0.717) is 40.0 Å². The molecule has 0 saturated heterocycles. The molecule has 0 bridgehead atoms. The average Bonchev–Trinajstić information content (AvgIpc) is 3.84. The number of nitrogens with one attached hydrogen (secondary N) is 1. The van der Waals surface area contributed by atoms with Gasteiger partial charge in [0.25, 0.3) is 5.91 Å². The SMILES string of the molecule is CC(C)c1ccc(Oc2ccc(NC(=O)c3cc(COc4ccc(C5N=C(C(F)(F)F)OC5=O)cc4)ccc3COc3ccc(C4N=C(C(F)(F)F)OC4=O)cc3)cc2)cc1. The highest BCUT2D eigenvalue weighted by atomic mass is 19.4. The van der Waals surface area contributed by atoms with Gasteiger partial charge in [0.05, 0.1) is 0 Å². The maximum atomic E-state index is 13.8. The standard InChI is InChI=1S/C44H33F6N3O8/c1-24(2)26-5-17-33(18-6-26)59-34-19-11-30(12-20-34)51-38(54)35-21-25(22-57-31-13-7-27(8-14-31)36-39(55)60-41(52-36)43(45,46)47)3-4-29(35)23-58-32-15-9-28(10-16-32)37-40(56)61-42(53-37)44(48,49)50/h3-21,24,36-37H,22-23H2,1-2H3,(H,51,54). The van der Waals surface area contributed by atoms with Crippen molar-refractivity contribution in [3.05, 3.63) is 149 Å². The largest absolute Gasteiger partial charge is 0.489 e. The molecule has 0 aliphatic carbocycles. The third kappa shape index (κ3) is 10.2. The molecule has 1 amide bonds. The Morgan fingerprint density at radius 1 is 0.639 bits per heavy atom. The zero-order valence-corrected chi connectivity index (χ0v) is 32.0. The van der Waals surface area contributed by atoms with Crippen LogP contribution in [0.1, 0.15) is 70.0 Å². The molecular weight excluding hydrogens is 812 g/mol. The molecule has 7 rings (SSSR count). The minimum atomic E-state index is -4.91. The van der Waals surface area contributed by atoms with Crippen LogP contribution in [-0.2, 0) is 32.3 Å². The third-order valence-corrected chi connectivity index (χ3v) is 9.32. The van der Waals surface area contributed by atoms with Crippen molar-refractivity contribution in [2.45, 2.75) is 57.4 Å². The second-order valence-corrected chi connectivity index (χ2v) is 14.0. The molecule has 0 aromatic heterocycles. The van der Waals surface area contributed by atoms with E-state index in [9.17, 15) is 40.7 Å². The van der Waals surface area contributed by atoms with Crippen LogP contribution in [0, 0.1) is 0 Å². The molecule has 314 valence electrons. The number of aliphatic imine (C=N–C) groups is 2. The first-order chi connectivity index (χ1) is 29.0. The number of esters is 2. The van der Waals surface area contributed by atoms with Gasteiger partial charge in [-0.05, 0) is 94.9 Å². The van der Waals surface area contributed by atoms with E-state index in [1.54, 1.807) is 42.5 Å². The molecule has 5 aromatic carbocycles. The summed E-state index contributed by atoms with van der Waals surface area (Å²) in [6, 6.07) is 27.8. The summed E-state index contributed by atoms with van der Waals surface area (Å²) < 4.78 is 104. The predicted molar refractivity (Wildman–Crippen MR) is 208 cm³/mol. The van der Waals surface area contributed by atoms with Gasteiger partial charge in [-0.15, -0.1) is 0 Å². The Morgan fingerprint density at radius 3 is 1.56 bits per heavy atom. The Labute approximate surface area is 343 Å². The lowest BCUT2D eigenvalue weighted by atomic mass is 10.0. The summed E-state index contributed by atoms with van der Waals surface area (Å²) in [5.41, 5.74) is 3.15. The third-order valence-electron chi connectivity index (χ3n) is 9.32. The summed E-state index contributed by atoms with van der Waals surface area (Å²) in [6.45, 7) is 4.02. The number of anilines is 1. The molecule has 2 atom stereocenters. The second-order valence-electron chi connectivity index (χ2n) is 14.0. The first-order valence-corrected chi connectivity index (χ1v) is 18.5. The number of amides is 1. The van der Waals surface area contributed by atoms with E-state index < -0.39 is 54.1 Å². The van der Waals surface area contributed by atoms with Crippen LogP contribution in [0.2, 0.25) is 0 Å². The molecular formula is C44H33F6N3O8. The van der Waals surface area contributed by atoms with Crippen molar-refractivity contribution in [3.8, 4) is 23.0 Å². The van der Waals surface area contributed by atoms with Crippen LogP contribution in [0.5, 0.6) is 23.0 Å². The topological polar surface area (TPSA) is 134 Å². The number of hydrogen-bond acceptors (Lipinski definition) is 10. The molecule has 0 radical (unpaired) electrons. The molecule has 2 heterocycles. The van der Waals surface area contributed by atoms with Crippen molar-refractivity contribution in [1.82, 2.24) is 0 Å². The summed E-state index contributed by atoms with van der Waals surface area (Å²) in [4.78, 5) is 44.7. The lowest BCUT2D eigenvalue weighted by Crippen LogP contribution is -2.23. The second kappa shape index (κ2) is 17.2. The van der Waals surface area contributed by atoms with E-state index >= 15 is 0 Å². The quantitative estimate of drug-likeness (QED) is 0.0915. The number of alkyl halides is 6. The van der Waals surface area contributed by atoms with E-state index in [0.717, 1.165) is 0 Å². The maximum absolute atomic E-state index is 13.8. The van der Waals surface area contributed by atoms with Crippen LogP contribution >= 0.6 is 0 Å². The minimum Gasteiger partial charge on any atom is -0.489 e. The zero-order valence-electron chi connectivity index (χ0n) is 32.0. The maximum Gasteiger partial charge on any atom is 0.468 e. The monoisotopic (exact) mass is 845 g/mol. The molecule has 5 aromatic rings. The Hall–Kier alpha value is -7.17. The summed E-state index contributed by atoms with van der Waals surface area (Å²) in [6.07, 6.45) is -9.82. The summed E-state index contributed by atoms with van der Waals surface area (Å²) in [5.74, 6) is -3.91. The molecule has 17 heteroatoms. The first-order valence-electron chi connectivity index (χ1n) is 18.5. The molecule has 1 N–H and O–H groups in total. The molecule has 2 aliphatic rings. The van der Waals surface area contributed by atoms with Crippen LogP contribution in [-0.4, -0.2) is 42.0 Å². The number of halogens is 6. The molecule has 0 saturated carbocycles. The molecule has 0 fully saturated rings. The van der Waals surface area contributed by atoms with Gasteiger partial charge < -0.3 is 29.0 Å². The van der Waals surface area contributed by atoms with Crippen molar-refractivity contribution in [1.29, 1.82) is 0 Å². The van der Waals surface area contributed by atoms with Gasteiger partial charge in [-0.2, -0.15) is 26.3 Å². The van der Waals surface area contributed by atoms with Crippen molar-refractivity contribution < 1.29 is 64.4 Å². The fourth-order valence-electron chi connectivity index (χ4n) is 6.11. The van der Waals surface area contributed by atoms with Crippen LogP contribution in [0.15, 0.2) is 125 Å². The fraction of sp³-hybridized carbons (Fsp3) is 0.205. The molecule has 2 unspecified atom stereocenters. The van der Waals surface area contributed by atoms with Gasteiger partial charge in [0.1, 0.15) is 36.2 Å². The van der Waals surface area contributed by atoms with E-state index in [1.807, 2.05) is 24.3 Å². The van der Waals surface area contributed by atoms with E-state index in [1.165, 1.54) is 54.1 Å². The highest BCUT2D eigenvalue weighted by molar-refractivity contribution is 6.05. The van der Waals surface area contributed by atoms with Crippen molar-refractivity contribution in [3.63, 3.8) is 0 Å². The van der Waals surface area contributed by atoms with E-state index in [2.05, 4.69) is 38.6 Å². The highest BCUT2D eigenvalue weighted by Crippen LogP contribution is 2.34. The van der Waals surface area contributed by atoms with Crippen molar-refractivity contribution in [2.75, 3.05) is 5.32 Å². The minimum absolute atomic E-state index is 0.0452. The van der Waals surface area contributed by atoms with Gasteiger partial charge in [0.2, 0.25) is 0 Å². The van der Waals surface area contributed by atoms with Gasteiger partial charge in [0.15, 0.2) is 12.1 Å². The van der Waals surface area contributed by atoms with Crippen molar-refractivity contribution in [2.24, 2.45) is 9.98 Å². The number of carbonyl (C=O) groups is 3. The summed E-state index contributed by atoms with van der Waals surface area (Å²) in [7, 11) is 0. The van der Waals surface area contributed by atoms with Gasteiger partial charge in [-0.1, -0.05) is 62.4 Å². The smallest absolute Gasteiger partial charge is 0.468 e. The van der Waals surface area contributed by atoms with Gasteiger partial charge in [0, 0.05) is 16.8 Å². The van der Waals surface area contributed by atoms with Gasteiger partial charge in [-0.25, -0.2) is 19.6 Å². The number of nitrogens with zero attached hydrogens (tertiary/aromatic N) is 2. The number of rotatable bonds is 13. The van der Waals surface area contributed by atoms with Crippen LogP contribution in [0.25, 0.3) is 0 Å². The Kier molecular flexibility index (Phi) is 11.8. The molecule has 0 spiro atoms. The predicted octanol–water partition coefficient (Wildman–Crippen LogP) is 10.1. The Morgan fingerprint density at radius 2 is 1.10 bits per heavy atom. The molecule has 61 heavy (non-hydrogen) atoms. The number of hydrogen-bond donors (Lipinski definition) is 1. The van der Waals surface area contributed by atoms with Gasteiger partial charge >= 0.3 is 36.1 Å². The molecule has 2 aliphatic heterocycles. The molecule has 11 nitrogen and oxygen atoms in total. The lowest BCUT2D eigenvalue weighted by molar-refractivity contribution is -0.139. The Balaban J connectivity index is 1.05. The number of carbonyl (C=O) groups excluding carboxylic acids is 3. The van der Waals surface area contributed by atoms with Gasteiger partial charge in [-0.3, -0.25) is 4.79 Å². The zero-order chi connectivity index (χ0) is 43.5. The highest BCUT2D eigenvalue weighted by Gasteiger charge is 2.47. The fourth-order valence-corrected chi connectivity index (χ4v) is 6.11. The lowest BCUT2D eigenvalue weighted by Gasteiger charge is -2.15. The Bertz CT molecular complexity index is 2480. The summed E-state index contributed by atoms with van der Waals surface area (Å²) in [5, 5.41) is 2.87. The summed E-state index contributed by atoms with van der Waals surface area (Å²) >= 11 is 0. The van der Waals surface area contributed by atoms with Crippen molar-refractivity contribution >= 4 is 35.3 Å². The van der Waals surface area contributed by atoms with E-state index in [-0.39, 0.29) is 35.7 Å². The first kappa shape index (κ1) is 42.0.